The van der Waals surface area contributed by atoms with Gasteiger partial charge in [-0.25, -0.2) is 4.79 Å². The van der Waals surface area contributed by atoms with Crippen LogP contribution in [0.1, 0.15) is 39.6 Å². The first kappa shape index (κ1) is 15.1. The molecule has 0 aliphatic rings. The number of nitrogens with zero attached hydrogens (tertiary/aromatic N) is 1. The van der Waals surface area contributed by atoms with Gasteiger partial charge in [-0.2, -0.15) is 0 Å². The Morgan fingerprint density at radius 3 is 2.48 bits per heavy atom. The van der Waals surface area contributed by atoms with E-state index >= 15 is 0 Å². The average Bonchev–Trinajstić information content (AvgIpc) is 2.95. The van der Waals surface area contributed by atoms with Crippen LogP contribution >= 0.6 is 11.6 Å². The lowest BCUT2D eigenvalue weighted by Gasteiger charge is -2.24. The van der Waals surface area contributed by atoms with E-state index in [1.807, 2.05) is 19.1 Å². The molecule has 110 valence electrons. The molecule has 0 saturated heterocycles. The molecule has 0 fully saturated rings. The zero-order valence-corrected chi connectivity index (χ0v) is 12.3. The van der Waals surface area contributed by atoms with E-state index in [1.54, 1.807) is 19.2 Å². The summed E-state index contributed by atoms with van der Waals surface area (Å²) in [5, 5.41) is 9.39. The van der Waals surface area contributed by atoms with Crippen LogP contribution in [0.2, 0.25) is 5.02 Å². The van der Waals surface area contributed by atoms with Crippen molar-refractivity contribution in [3.05, 3.63) is 58.5 Å². The lowest BCUT2D eigenvalue weighted by molar-refractivity contribution is 0.0647. The summed E-state index contributed by atoms with van der Waals surface area (Å²) in [5.74, 6) is -1.87. The minimum atomic E-state index is -1.21. The van der Waals surface area contributed by atoms with E-state index in [-0.39, 0.29) is 17.6 Å². The molecule has 2 aromatic rings. The maximum atomic E-state index is 12.3. The van der Waals surface area contributed by atoms with E-state index in [1.165, 1.54) is 17.0 Å². The standard InChI is InChI=1S/C15H14ClNO4/c1-9(10-4-3-5-11(16)8-10)17(2)14(18)12-6-7-13(21-12)15(19)20/h3-9H,1-2H3,(H,19,20). The number of aromatic carboxylic acids is 1. The molecule has 1 amide bonds. The number of carbonyl (C=O) groups excluding carboxylic acids is 1. The van der Waals surface area contributed by atoms with E-state index in [9.17, 15) is 9.59 Å². The number of benzene rings is 1. The molecule has 0 radical (unpaired) electrons. The number of carbonyl (C=O) groups is 2. The van der Waals surface area contributed by atoms with Gasteiger partial charge in [-0.1, -0.05) is 23.7 Å². The number of carboxylic acid groups (broad SMARTS) is 1. The van der Waals surface area contributed by atoms with Crippen molar-refractivity contribution in [3.63, 3.8) is 0 Å². The summed E-state index contributed by atoms with van der Waals surface area (Å²) in [7, 11) is 1.62. The molecular weight excluding hydrogens is 294 g/mol. The maximum Gasteiger partial charge on any atom is 0.371 e. The summed E-state index contributed by atoms with van der Waals surface area (Å²) < 4.78 is 5.02. The summed E-state index contributed by atoms with van der Waals surface area (Å²) >= 11 is 5.94. The molecule has 1 unspecified atom stereocenters. The smallest absolute Gasteiger partial charge is 0.371 e. The Bertz CT molecular complexity index is 680. The molecule has 0 bridgehead atoms. The minimum absolute atomic E-state index is 0.0104. The quantitative estimate of drug-likeness (QED) is 0.939. The number of rotatable bonds is 4. The van der Waals surface area contributed by atoms with E-state index in [4.69, 9.17) is 21.1 Å². The Morgan fingerprint density at radius 1 is 1.24 bits per heavy atom. The van der Waals surface area contributed by atoms with Gasteiger partial charge in [0.25, 0.3) is 5.91 Å². The van der Waals surface area contributed by atoms with E-state index in [0.29, 0.717) is 5.02 Å². The second-order valence-electron chi connectivity index (χ2n) is 4.62. The second-order valence-corrected chi connectivity index (χ2v) is 5.05. The molecule has 0 aliphatic heterocycles. The fourth-order valence-corrected chi connectivity index (χ4v) is 2.11. The number of amides is 1. The van der Waals surface area contributed by atoms with Gasteiger partial charge in [-0.05, 0) is 36.8 Å². The summed E-state index contributed by atoms with van der Waals surface area (Å²) in [6.45, 7) is 1.85. The van der Waals surface area contributed by atoms with Gasteiger partial charge in [0.15, 0.2) is 5.76 Å². The number of hydrogen-bond donors (Lipinski definition) is 1. The first-order valence-electron chi connectivity index (χ1n) is 6.26. The highest BCUT2D eigenvalue weighted by atomic mass is 35.5. The highest BCUT2D eigenvalue weighted by Crippen LogP contribution is 2.23. The van der Waals surface area contributed by atoms with Crippen LogP contribution in [0.4, 0.5) is 0 Å². The van der Waals surface area contributed by atoms with Crippen LogP contribution < -0.4 is 0 Å². The van der Waals surface area contributed by atoms with Crippen LogP contribution in [0.5, 0.6) is 0 Å². The highest BCUT2D eigenvalue weighted by molar-refractivity contribution is 6.30. The first-order chi connectivity index (χ1) is 9.90. The van der Waals surface area contributed by atoms with Crippen molar-refractivity contribution >= 4 is 23.5 Å². The number of hydrogen-bond acceptors (Lipinski definition) is 3. The van der Waals surface area contributed by atoms with Crippen molar-refractivity contribution in [2.75, 3.05) is 7.05 Å². The van der Waals surface area contributed by atoms with E-state index < -0.39 is 11.9 Å². The SMILES string of the molecule is CC(c1cccc(Cl)c1)N(C)C(=O)c1ccc(C(=O)O)o1. The van der Waals surface area contributed by atoms with Crippen LogP contribution in [-0.2, 0) is 0 Å². The molecule has 1 aromatic heterocycles. The minimum Gasteiger partial charge on any atom is -0.475 e. The molecule has 1 aromatic carbocycles. The van der Waals surface area contributed by atoms with Crippen LogP contribution in [0, 0.1) is 0 Å². The fourth-order valence-electron chi connectivity index (χ4n) is 1.91. The lowest BCUT2D eigenvalue weighted by Crippen LogP contribution is -2.29. The summed E-state index contributed by atoms with van der Waals surface area (Å²) in [4.78, 5) is 24.5. The Morgan fingerprint density at radius 2 is 1.90 bits per heavy atom. The van der Waals surface area contributed by atoms with Crippen molar-refractivity contribution in [1.29, 1.82) is 0 Å². The molecule has 1 heterocycles. The van der Waals surface area contributed by atoms with Crippen molar-refractivity contribution in [1.82, 2.24) is 4.90 Å². The first-order valence-corrected chi connectivity index (χ1v) is 6.63. The van der Waals surface area contributed by atoms with Crippen molar-refractivity contribution in [3.8, 4) is 0 Å². The number of furan rings is 1. The Kier molecular flexibility index (Phi) is 4.33. The normalized spacial score (nSPS) is 12.0. The van der Waals surface area contributed by atoms with Gasteiger partial charge in [0, 0.05) is 12.1 Å². The van der Waals surface area contributed by atoms with Gasteiger partial charge in [0.1, 0.15) is 0 Å². The van der Waals surface area contributed by atoms with Crippen LogP contribution in [0.3, 0.4) is 0 Å². The number of halogens is 1. The molecule has 0 spiro atoms. The van der Waals surface area contributed by atoms with Gasteiger partial charge in [-0.3, -0.25) is 4.79 Å². The van der Waals surface area contributed by atoms with Gasteiger partial charge >= 0.3 is 5.97 Å². The summed E-state index contributed by atoms with van der Waals surface area (Å²) in [5.41, 5.74) is 0.878. The van der Waals surface area contributed by atoms with Crippen LogP contribution in [0.25, 0.3) is 0 Å². The summed E-state index contributed by atoms with van der Waals surface area (Å²) in [6, 6.07) is 9.59. The molecule has 2 rings (SSSR count). The molecule has 0 saturated carbocycles. The Balaban J connectivity index is 2.19. The topological polar surface area (TPSA) is 70.8 Å². The molecule has 1 atom stereocenters. The molecule has 0 aliphatic carbocycles. The van der Waals surface area contributed by atoms with E-state index in [2.05, 4.69) is 0 Å². The molecule has 6 heteroatoms. The van der Waals surface area contributed by atoms with Crippen molar-refractivity contribution in [2.24, 2.45) is 0 Å². The third-order valence-corrected chi connectivity index (χ3v) is 3.50. The Labute approximate surface area is 126 Å². The van der Waals surface area contributed by atoms with Gasteiger partial charge < -0.3 is 14.4 Å². The fraction of sp³-hybridized carbons (Fsp3) is 0.200. The van der Waals surface area contributed by atoms with Gasteiger partial charge in [0.05, 0.1) is 6.04 Å². The monoisotopic (exact) mass is 307 g/mol. The number of carboxylic acids is 1. The predicted molar refractivity (Wildman–Crippen MR) is 77.6 cm³/mol. The van der Waals surface area contributed by atoms with Crippen LogP contribution in [-0.4, -0.2) is 28.9 Å². The Hall–Kier alpha value is -2.27. The molecule has 5 nitrogen and oxygen atoms in total. The average molecular weight is 308 g/mol. The zero-order valence-electron chi connectivity index (χ0n) is 11.5. The largest absolute Gasteiger partial charge is 0.475 e. The molecule has 1 N–H and O–H groups in total. The highest BCUT2D eigenvalue weighted by Gasteiger charge is 2.22. The third-order valence-electron chi connectivity index (χ3n) is 3.26. The van der Waals surface area contributed by atoms with Gasteiger partial charge in [0.2, 0.25) is 5.76 Å². The second kappa shape index (κ2) is 6.01. The zero-order chi connectivity index (χ0) is 15.6. The van der Waals surface area contributed by atoms with Gasteiger partial charge in [-0.15, -0.1) is 0 Å². The third kappa shape index (κ3) is 3.25. The van der Waals surface area contributed by atoms with Crippen molar-refractivity contribution in [2.45, 2.75) is 13.0 Å². The molecular formula is C15H14ClNO4. The predicted octanol–water partition coefficient (Wildman–Crippen LogP) is 3.46. The van der Waals surface area contributed by atoms with Crippen molar-refractivity contribution < 1.29 is 19.1 Å². The molecule has 21 heavy (non-hydrogen) atoms. The van der Waals surface area contributed by atoms with Crippen LogP contribution in [0.15, 0.2) is 40.8 Å². The maximum absolute atomic E-state index is 12.3. The lowest BCUT2D eigenvalue weighted by atomic mass is 10.1. The van der Waals surface area contributed by atoms with E-state index in [0.717, 1.165) is 5.56 Å². The summed E-state index contributed by atoms with van der Waals surface area (Å²) in [6.07, 6.45) is 0.